The van der Waals surface area contributed by atoms with Crippen LogP contribution in [0.25, 0.3) is 94.0 Å². The molecule has 0 aliphatic rings. The van der Waals surface area contributed by atoms with Gasteiger partial charge in [-0.3, -0.25) is 4.98 Å². The summed E-state index contributed by atoms with van der Waals surface area (Å²) in [6, 6.07) is 60.3. The minimum Gasteiger partial charge on any atom is -0.501 e. The van der Waals surface area contributed by atoms with E-state index in [-0.39, 0.29) is 37.4 Å². The molecule has 335 valence electrons. The fourth-order valence-corrected chi connectivity index (χ4v) is 9.72. The van der Waals surface area contributed by atoms with Crippen LogP contribution in [-0.4, -0.2) is 14.5 Å². The number of imidazole rings is 1. The van der Waals surface area contributed by atoms with E-state index in [4.69, 9.17) is 9.40 Å². The number of nitrogens with zero attached hydrogens (tertiary/aromatic N) is 3. The van der Waals surface area contributed by atoms with Gasteiger partial charge in [-0.25, -0.2) is 0 Å². The van der Waals surface area contributed by atoms with Crippen molar-refractivity contribution in [3.05, 3.63) is 198 Å². The van der Waals surface area contributed by atoms with Crippen LogP contribution in [0.1, 0.15) is 88.1 Å². The van der Waals surface area contributed by atoms with E-state index in [1.807, 2.05) is 48.5 Å². The zero-order chi connectivity index (χ0) is 45.9. The molecule has 5 heteroatoms. The van der Waals surface area contributed by atoms with Crippen LogP contribution in [0, 0.1) is 26.0 Å². The second kappa shape index (κ2) is 18.2. The first-order chi connectivity index (χ1) is 31.9. The van der Waals surface area contributed by atoms with Gasteiger partial charge in [-0.15, -0.1) is 54.1 Å². The van der Waals surface area contributed by atoms with Crippen LogP contribution in [-0.2, 0) is 25.5 Å². The second-order valence-corrected chi connectivity index (χ2v) is 19.4. The van der Waals surface area contributed by atoms with Gasteiger partial charge in [-0.1, -0.05) is 132 Å². The summed E-state index contributed by atoms with van der Waals surface area (Å²) in [4.78, 5) is 9.61. The number of benzene rings is 8. The number of aromatic nitrogens is 3. The van der Waals surface area contributed by atoms with Crippen LogP contribution in [0.2, 0.25) is 0 Å². The molecule has 1 radical (unpaired) electrons. The number of rotatable bonds is 6. The molecule has 3 aromatic heterocycles. The first-order valence-corrected chi connectivity index (χ1v) is 23.2. The van der Waals surface area contributed by atoms with Gasteiger partial charge in [-0.05, 0) is 140 Å². The van der Waals surface area contributed by atoms with Crippen LogP contribution in [0.5, 0.6) is 0 Å². The smallest absolute Gasteiger partial charge is 0.121 e. The van der Waals surface area contributed by atoms with Gasteiger partial charge in [0.15, 0.2) is 0 Å². The zero-order valence-corrected chi connectivity index (χ0v) is 42.1. The number of hydrogen-bond acceptors (Lipinski definition) is 3. The van der Waals surface area contributed by atoms with Crippen molar-refractivity contribution in [3.8, 4) is 39.5 Å². The molecule has 0 aliphatic carbocycles. The second-order valence-electron chi connectivity index (χ2n) is 19.4. The van der Waals surface area contributed by atoms with E-state index < -0.39 is 0 Å². The monoisotopic (exact) mass is 1050 g/mol. The minimum absolute atomic E-state index is 0. The van der Waals surface area contributed by atoms with E-state index in [2.05, 4.69) is 187 Å². The average molecular weight is 1050 g/mol. The summed E-state index contributed by atoms with van der Waals surface area (Å²) < 4.78 is 9.29. The summed E-state index contributed by atoms with van der Waals surface area (Å²) >= 11 is 0. The molecule has 11 rings (SSSR count). The molecule has 0 saturated carbocycles. The summed E-state index contributed by atoms with van der Waals surface area (Å²) in [6.07, 6.45) is 1.79. The van der Waals surface area contributed by atoms with Crippen molar-refractivity contribution in [3.63, 3.8) is 0 Å². The third-order valence-corrected chi connectivity index (χ3v) is 13.1. The Bertz CT molecular complexity index is 3500. The number of para-hydroxylation sites is 2. The SMILES string of the molecule is Cc1cc(C(C)(C)C)cc(C)c1-c1cc(C(C)C)c(-n2c(-c3[c-]ccc4c3oc3cc5c(ccc6ccccc65)cc34)nc3ccccc32)c(C(C)C)c1.[Ir].[c-]1ccccc1-c1ccccn1. The van der Waals surface area contributed by atoms with E-state index in [1.54, 1.807) is 6.20 Å². The predicted octanol–water partition coefficient (Wildman–Crippen LogP) is 17.1. The molecule has 0 aliphatic heterocycles. The van der Waals surface area contributed by atoms with Crippen LogP contribution in [0.15, 0.2) is 162 Å². The molecular formula is C62H55IrN3O-2. The van der Waals surface area contributed by atoms with Crippen LogP contribution >= 0.6 is 0 Å². The molecule has 0 saturated heterocycles. The number of hydrogen-bond donors (Lipinski definition) is 0. The average Bonchev–Trinajstić information content (AvgIpc) is 3.89. The van der Waals surface area contributed by atoms with E-state index >= 15 is 0 Å². The summed E-state index contributed by atoms with van der Waals surface area (Å²) in [5.41, 5.74) is 17.1. The Morgan fingerprint density at radius 1 is 0.612 bits per heavy atom. The van der Waals surface area contributed by atoms with Gasteiger partial charge in [0, 0.05) is 37.4 Å². The topological polar surface area (TPSA) is 43.9 Å². The van der Waals surface area contributed by atoms with Gasteiger partial charge in [-0.2, -0.15) is 0 Å². The first kappa shape index (κ1) is 45.5. The Morgan fingerprint density at radius 3 is 1.99 bits per heavy atom. The van der Waals surface area contributed by atoms with Gasteiger partial charge in [0.05, 0.1) is 22.4 Å². The van der Waals surface area contributed by atoms with Gasteiger partial charge in [0.2, 0.25) is 0 Å². The molecule has 0 unspecified atom stereocenters. The van der Waals surface area contributed by atoms with E-state index in [0.29, 0.717) is 0 Å². The van der Waals surface area contributed by atoms with Gasteiger partial charge < -0.3 is 14.0 Å². The van der Waals surface area contributed by atoms with Crippen LogP contribution in [0.3, 0.4) is 0 Å². The minimum atomic E-state index is 0. The van der Waals surface area contributed by atoms with Crippen molar-refractivity contribution in [2.45, 2.75) is 79.6 Å². The molecule has 8 aromatic carbocycles. The quantitative estimate of drug-likeness (QED) is 0.123. The third kappa shape index (κ3) is 8.41. The molecule has 0 bridgehead atoms. The van der Waals surface area contributed by atoms with Gasteiger partial charge >= 0.3 is 0 Å². The largest absolute Gasteiger partial charge is 0.501 e. The Kier molecular flexibility index (Phi) is 12.4. The van der Waals surface area contributed by atoms with Crippen molar-refractivity contribution < 1.29 is 24.5 Å². The maximum Gasteiger partial charge on any atom is 0.121 e. The molecule has 0 amide bonds. The maximum absolute atomic E-state index is 6.89. The molecule has 0 spiro atoms. The third-order valence-electron chi connectivity index (χ3n) is 13.1. The molecule has 0 N–H and O–H groups in total. The van der Waals surface area contributed by atoms with Crippen LogP contribution < -0.4 is 0 Å². The standard InChI is InChI=1S/C51H47N2O.C11H8N.Ir/c1-29(2)40-26-35(47-31(5)23-36(24-32(47)6)51(7,8)9)27-41(30(3)4)48(40)53-45-20-13-12-19-44(45)52-50(53)39-18-14-17-38-43-25-34-22-21-33-15-10-11-16-37(33)42(34)28-46(43)54-49(38)39;1-2-6-10(7-3-1)11-8-4-5-9-12-11;/h10-17,19-30H,1-9H3;1-6,8-9H;/q2*-1;. The summed E-state index contributed by atoms with van der Waals surface area (Å²) in [6.45, 7) is 20.7. The summed E-state index contributed by atoms with van der Waals surface area (Å²) in [5.74, 6) is 1.36. The number of fused-ring (bicyclic) bond motifs is 7. The van der Waals surface area contributed by atoms with Crippen molar-refractivity contribution in [2.75, 3.05) is 0 Å². The fraction of sp³-hybridized carbons (Fsp3) is 0.194. The van der Waals surface area contributed by atoms with E-state index in [0.717, 1.165) is 55.6 Å². The van der Waals surface area contributed by atoms with Crippen molar-refractivity contribution in [2.24, 2.45) is 0 Å². The Balaban J connectivity index is 0.000000375. The van der Waals surface area contributed by atoms with Gasteiger partial charge in [0.1, 0.15) is 5.58 Å². The van der Waals surface area contributed by atoms with Crippen molar-refractivity contribution in [1.82, 2.24) is 14.5 Å². The van der Waals surface area contributed by atoms with E-state index in [1.165, 1.54) is 66.2 Å². The maximum atomic E-state index is 6.89. The molecule has 0 fully saturated rings. The van der Waals surface area contributed by atoms with Crippen LogP contribution in [0.4, 0.5) is 0 Å². The normalized spacial score (nSPS) is 11.8. The Hall–Kier alpha value is -6.65. The molecule has 67 heavy (non-hydrogen) atoms. The van der Waals surface area contributed by atoms with Crippen molar-refractivity contribution in [1.29, 1.82) is 0 Å². The predicted molar refractivity (Wildman–Crippen MR) is 278 cm³/mol. The van der Waals surface area contributed by atoms with E-state index in [9.17, 15) is 0 Å². The first-order valence-electron chi connectivity index (χ1n) is 23.2. The molecular weight excluding hydrogens is 995 g/mol. The summed E-state index contributed by atoms with van der Waals surface area (Å²) in [7, 11) is 0. The Morgan fingerprint density at radius 2 is 1.30 bits per heavy atom. The number of aryl methyl sites for hydroxylation is 2. The molecule has 11 aromatic rings. The molecule has 4 nitrogen and oxygen atoms in total. The van der Waals surface area contributed by atoms with Gasteiger partial charge in [0.25, 0.3) is 0 Å². The fourth-order valence-electron chi connectivity index (χ4n) is 9.72. The van der Waals surface area contributed by atoms with Crippen molar-refractivity contribution >= 4 is 54.5 Å². The molecule has 0 atom stereocenters. The number of pyridine rings is 1. The zero-order valence-electron chi connectivity index (χ0n) is 39.7. The number of furan rings is 1. The Labute approximate surface area is 408 Å². The molecule has 3 heterocycles. The summed E-state index contributed by atoms with van der Waals surface area (Å²) in [5, 5.41) is 7.02.